The van der Waals surface area contributed by atoms with Crippen LogP contribution >= 0.6 is 0 Å². The van der Waals surface area contributed by atoms with Gasteiger partial charge in [0.15, 0.2) is 0 Å². The monoisotopic (exact) mass is 388 g/mol. The molecule has 1 aromatic heterocycles. The first kappa shape index (κ1) is 19.4. The van der Waals surface area contributed by atoms with Gasteiger partial charge in [-0.05, 0) is 25.0 Å². The number of benzene rings is 2. The Kier molecular flexibility index (Phi) is 5.22. The minimum atomic E-state index is -0.0885. The molecule has 29 heavy (non-hydrogen) atoms. The Morgan fingerprint density at radius 1 is 1.03 bits per heavy atom. The van der Waals surface area contributed by atoms with Gasteiger partial charge in [-0.15, -0.1) is 5.10 Å². The number of hydrogen-bond acceptors (Lipinski definition) is 3. The molecule has 0 radical (unpaired) electrons. The highest BCUT2D eigenvalue weighted by atomic mass is 16.2. The third-order valence-electron chi connectivity index (χ3n) is 5.63. The Hall–Kier alpha value is -2.95. The largest absolute Gasteiger partial charge is 0.307 e. The molecular weight excluding hydrogens is 360 g/mol. The molecule has 0 saturated heterocycles. The molecule has 5 heteroatoms. The molecule has 2 aromatic carbocycles. The maximum absolute atomic E-state index is 13.1. The van der Waals surface area contributed by atoms with Crippen molar-refractivity contribution in [1.29, 1.82) is 0 Å². The minimum absolute atomic E-state index is 0.0885. The van der Waals surface area contributed by atoms with Gasteiger partial charge in [-0.25, -0.2) is 4.68 Å². The molecule has 1 unspecified atom stereocenters. The zero-order valence-electron chi connectivity index (χ0n) is 17.6. The molecule has 1 aliphatic rings. The van der Waals surface area contributed by atoms with Crippen LogP contribution in [0.3, 0.4) is 0 Å². The van der Waals surface area contributed by atoms with Crippen LogP contribution in [0.4, 0.5) is 5.69 Å². The van der Waals surface area contributed by atoms with E-state index >= 15 is 0 Å². The van der Waals surface area contributed by atoms with Crippen LogP contribution in [0, 0.1) is 5.92 Å². The van der Waals surface area contributed by atoms with Gasteiger partial charge in [0.2, 0.25) is 5.91 Å². The van der Waals surface area contributed by atoms with Crippen LogP contribution in [0.25, 0.3) is 22.5 Å². The average molecular weight is 389 g/mol. The lowest BCUT2D eigenvalue weighted by Gasteiger charge is -2.30. The number of para-hydroxylation sites is 1. The molecule has 150 valence electrons. The highest BCUT2D eigenvalue weighted by molar-refractivity contribution is 6.00. The maximum Gasteiger partial charge on any atom is 0.229 e. The number of carbonyl (C=O) groups is 1. The highest BCUT2D eigenvalue weighted by Gasteiger charge is 2.30. The molecule has 0 bridgehead atoms. The van der Waals surface area contributed by atoms with Crippen molar-refractivity contribution in [2.75, 3.05) is 4.90 Å². The standard InChI is InChI=1S/C24H28N4O/c1-5-10-17(4)28-23-19-12-7-6-11-18(19)15-27(24(29)16(2)3)21-14-9-8-13-20(21)22(23)25-26-28/h6-9,11-14,16-17H,5,10,15H2,1-4H3. The van der Waals surface area contributed by atoms with Crippen LogP contribution in [-0.2, 0) is 11.3 Å². The maximum atomic E-state index is 13.1. The van der Waals surface area contributed by atoms with Gasteiger partial charge in [0.25, 0.3) is 0 Å². The van der Waals surface area contributed by atoms with E-state index in [1.807, 2.05) is 55.1 Å². The number of amides is 1. The zero-order chi connectivity index (χ0) is 20.5. The topological polar surface area (TPSA) is 51.0 Å². The van der Waals surface area contributed by atoms with E-state index in [0.29, 0.717) is 6.54 Å². The van der Waals surface area contributed by atoms with E-state index in [-0.39, 0.29) is 17.9 Å². The summed E-state index contributed by atoms with van der Waals surface area (Å²) in [6.07, 6.45) is 2.13. The van der Waals surface area contributed by atoms with Gasteiger partial charge in [-0.3, -0.25) is 4.79 Å². The summed E-state index contributed by atoms with van der Waals surface area (Å²) in [5.74, 6) is 0.0248. The number of rotatable bonds is 4. The van der Waals surface area contributed by atoms with Crippen molar-refractivity contribution in [1.82, 2.24) is 15.0 Å². The molecular formula is C24H28N4O. The molecule has 0 N–H and O–H groups in total. The van der Waals surface area contributed by atoms with Gasteiger partial charge in [-0.2, -0.15) is 0 Å². The van der Waals surface area contributed by atoms with Crippen LogP contribution in [0.15, 0.2) is 48.5 Å². The smallest absolute Gasteiger partial charge is 0.229 e. The van der Waals surface area contributed by atoms with Crippen molar-refractivity contribution in [3.8, 4) is 22.5 Å². The first-order chi connectivity index (χ1) is 14.0. The molecule has 1 atom stereocenters. The van der Waals surface area contributed by atoms with E-state index in [1.165, 1.54) is 0 Å². The van der Waals surface area contributed by atoms with Crippen LogP contribution < -0.4 is 4.90 Å². The lowest BCUT2D eigenvalue weighted by atomic mass is 9.94. The zero-order valence-corrected chi connectivity index (χ0v) is 17.6. The van der Waals surface area contributed by atoms with Crippen molar-refractivity contribution < 1.29 is 4.79 Å². The predicted octanol–water partition coefficient (Wildman–Crippen LogP) is 5.48. The molecule has 1 amide bonds. The molecule has 0 fully saturated rings. The third kappa shape index (κ3) is 3.35. The van der Waals surface area contributed by atoms with Gasteiger partial charge in [0.05, 0.1) is 24.0 Å². The minimum Gasteiger partial charge on any atom is -0.307 e. The van der Waals surface area contributed by atoms with Crippen molar-refractivity contribution in [3.63, 3.8) is 0 Å². The van der Waals surface area contributed by atoms with Crippen LogP contribution in [-0.4, -0.2) is 20.9 Å². The number of aromatic nitrogens is 3. The summed E-state index contributed by atoms with van der Waals surface area (Å²) in [4.78, 5) is 15.0. The molecule has 0 saturated carbocycles. The van der Waals surface area contributed by atoms with Crippen LogP contribution in [0.5, 0.6) is 0 Å². The fourth-order valence-electron chi connectivity index (χ4n) is 4.14. The van der Waals surface area contributed by atoms with Gasteiger partial charge in [-0.1, -0.05) is 74.9 Å². The summed E-state index contributed by atoms with van der Waals surface area (Å²) < 4.78 is 2.06. The Balaban J connectivity index is 2.01. The highest BCUT2D eigenvalue weighted by Crippen LogP contribution is 2.42. The average Bonchev–Trinajstić information content (AvgIpc) is 3.15. The molecule has 1 aliphatic heterocycles. The number of carbonyl (C=O) groups excluding carboxylic acids is 1. The summed E-state index contributed by atoms with van der Waals surface area (Å²) in [5, 5.41) is 9.18. The summed E-state index contributed by atoms with van der Waals surface area (Å²) in [5.41, 5.74) is 5.97. The second-order valence-corrected chi connectivity index (χ2v) is 8.12. The van der Waals surface area contributed by atoms with Crippen molar-refractivity contribution in [2.24, 2.45) is 5.92 Å². The fraction of sp³-hybridized carbons (Fsp3) is 0.375. The SMILES string of the molecule is CCCC(C)n1nnc2c1-c1ccccc1CN(C(=O)C(C)C)c1ccccc1-2. The normalized spacial score (nSPS) is 13.9. The van der Waals surface area contributed by atoms with Crippen molar-refractivity contribution in [3.05, 3.63) is 54.1 Å². The predicted molar refractivity (Wildman–Crippen MR) is 117 cm³/mol. The van der Waals surface area contributed by atoms with Crippen molar-refractivity contribution in [2.45, 2.75) is 53.1 Å². The molecule has 5 nitrogen and oxygen atoms in total. The summed E-state index contributed by atoms with van der Waals surface area (Å²) in [6.45, 7) is 8.82. The van der Waals surface area contributed by atoms with Gasteiger partial charge in [0, 0.05) is 17.0 Å². The van der Waals surface area contributed by atoms with Gasteiger partial charge in [0.1, 0.15) is 5.69 Å². The van der Waals surface area contributed by atoms with Crippen LogP contribution in [0.1, 0.15) is 52.1 Å². The van der Waals surface area contributed by atoms with E-state index in [9.17, 15) is 4.79 Å². The summed E-state index contributed by atoms with van der Waals surface area (Å²) in [6, 6.07) is 16.6. The lowest BCUT2D eigenvalue weighted by Crippen LogP contribution is -2.34. The van der Waals surface area contributed by atoms with E-state index in [0.717, 1.165) is 46.6 Å². The molecule has 0 spiro atoms. The lowest BCUT2D eigenvalue weighted by molar-refractivity contribution is -0.121. The van der Waals surface area contributed by atoms with E-state index in [1.54, 1.807) is 0 Å². The van der Waals surface area contributed by atoms with Gasteiger partial charge >= 0.3 is 0 Å². The fourth-order valence-corrected chi connectivity index (χ4v) is 4.14. The Labute approximate surface area is 172 Å². The summed E-state index contributed by atoms with van der Waals surface area (Å²) >= 11 is 0. The molecule has 4 rings (SSSR count). The van der Waals surface area contributed by atoms with Crippen LogP contribution in [0.2, 0.25) is 0 Å². The Bertz CT molecular complexity index is 1040. The first-order valence-electron chi connectivity index (χ1n) is 10.5. The Morgan fingerprint density at radius 2 is 1.72 bits per heavy atom. The molecule has 0 aliphatic carbocycles. The number of nitrogens with zero attached hydrogens (tertiary/aromatic N) is 4. The quantitative estimate of drug-likeness (QED) is 0.595. The second kappa shape index (κ2) is 7.82. The molecule has 2 heterocycles. The Morgan fingerprint density at radius 3 is 2.45 bits per heavy atom. The van der Waals surface area contributed by atoms with Crippen molar-refractivity contribution >= 4 is 11.6 Å². The molecule has 3 aromatic rings. The van der Waals surface area contributed by atoms with E-state index in [2.05, 4.69) is 41.0 Å². The summed E-state index contributed by atoms with van der Waals surface area (Å²) in [7, 11) is 0. The number of anilines is 1. The van der Waals surface area contributed by atoms with Gasteiger partial charge < -0.3 is 4.90 Å². The second-order valence-electron chi connectivity index (χ2n) is 8.12. The number of fused-ring (bicyclic) bond motifs is 5. The van der Waals surface area contributed by atoms with E-state index < -0.39 is 0 Å². The van der Waals surface area contributed by atoms with E-state index in [4.69, 9.17) is 0 Å². The first-order valence-corrected chi connectivity index (χ1v) is 10.5. The number of hydrogen-bond donors (Lipinski definition) is 0. The third-order valence-corrected chi connectivity index (χ3v) is 5.63.